The first-order valence-electron chi connectivity index (χ1n) is 11.7. The lowest BCUT2D eigenvalue weighted by atomic mass is 9.90. The van der Waals surface area contributed by atoms with Crippen molar-refractivity contribution in [2.45, 2.75) is 32.8 Å². The summed E-state index contributed by atoms with van der Waals surface area (Å²) in [6.45, 7) is 4.42. The lowest BCUT2D eigenvalue weighted by molar-refractivity contribution is -0.119. The summed E-state index contributed by atoms with van der Waals surface area (Å²) < 4.78 is 5.37. The monoisotopic (exact) mass is 453 g/mol. The van der Waals surface area contributed by atoms with Crippen molar-refractivity contribution in [2.24, 2.45) is 5.73 Å². The first-order valence-corrected chi connectivity index (χ1v) is 11.7. The molecule has 0 aromatic heterocycles. The van der Waals surface area contributed by atoms with Crippen molar-refractivity contribution in [2.75, 3.05) is 6.54 Å². The van der Waals surface area contributed by atoms with Crippen molar-refractivity contribution < 1.29 is 14.3 Å². The highest BCUT2D eigenvalue weighted by Crippen LogP contribution is 2.21. The van der Waals surface area contributed by atoms with Gasteiger partial charge in [-0.3, -0.25) is 4.79 Å². The molecular formula is C30H31NO3. The molecule has 0 unspecified atom stereocenters. The van der Waals surface area contributed by atoms with Crippen LogP contribution in [0.4, 0.5) is 0 Å². The molecule has 0 bridgehead atoms. The Labute approximate surface area is 201 Å². The molecule has 0 spiro atoms. The number of ether oxygens (including phenoxy) is 1. The molecule has 2 N–H and O–H groups in total. The lowest BCUT2D eigenvalue weighted by Crippen LogP contribution is -2.23. The van der Waals surface area contributed by atoms with E-state index in [1.165, 1.54) is 0 Å². The Morgan fingerprint density at radius 2 is 1.38 bits per heavy atom. The van der Waals surface area contributed by atoms with Gasteiger partial charge in [-0.05, 0) is 39.6 Å². The summed E-state index contributed by atoms with van der Waals surface area (Å²) in [6.07, 6.45) is 0.336. The zero-order chi connectivity index (χ0) is 24.3. The number of rotatable bonds is 8. The van der Waals surface area contributed by atoms with Crippen LogP contribution < -0.4 is 5.73 Å². The second kappa shape index (κ2) is 12.5. The fourth-order valence-electron chi connectivity index (χ4n) is 3.78. The van der Waals surface area contributed by atoms with Crippen LogP contribution in [0.25, 0.3) is 10.8 Å². The summed E-state index contributed by atoms with van der Waals surface area (Å²) in [5.74, 6) is -0.645. The minimum absolute atomic E-state index is 0.0889. The Kier molecular flexibility index (Phi) is 9.12. The third-order valence-electron chi connectivity index (χ3n) is 5.58. The quantitative estimate of drug-likeness (QED) is 0.328. The highest BCUT2D eigenvalue weighted by molar-refractivity contribution is 5.90. The van der Waals surface area contributed by atoms with E-state index >= 15 is 0 Å². The molecule has 4 nitrogen and oxygen atoms in total. The van der Waals surface area contributed by atoms with Crippen molar-refractivity contribution in [1.82, 2.24) is 0 Å². The zero-order valence-corrected chi connectivity index (χ0v) is 19.7. The third kappa shape index (κ3) is 6.40. The number of Topliss-reactive ketones (excluding diaryl/α,β-unsaturated/α-hetero) is 1. The number of nitrogens with two attached hydrogens (primary N) is 1. The highest BCUT2D eigenvalue weighted by Gasteiger charge is 2.19. The number of ketones is 1. The molecule has 4 aromatic carbocycles. The molecule has 0 saturated heterocycles. The predicted molar refractivity (Wildman–Crippen MR) is 138 cm³/mol. The predicted octanol–water partition coefficient (Wildman–Crippen LogP) is 6.08. The largest absolute Gasteiger partial charge is 0.457 e. The Balaban J connectivity index is 0.00000158. The third-order valence-corrected chi connectivity index (χ3v) is 5.58. The number of carbonyl (C=O) groups is 2. The first-order chi connectivity index (χ1) is 16.6. The molecule has 0 aliphatic rings. The molecule has 0 aliphatic heterocycles. The number of benzene rings is 4. The highest BCUT2D eigenvalue weighted by atomic mass is 16.5. The minimum atomic E-state index is -0.373. The summed E-state index contributed by atoms with van der Waals surface area (Å²) in [5, 5.41) is 2.28. The van der Waals surface area contributed by atoms with E-state index in [0.29, 0.717) is 12.0 Å². The van der Waals surface area contributed by atoms with E-state index in [1.807, 2.05) is 74.5 Å². The zero-order valence-electron chi connectivity index (χ0n) is 19.7. The van der Waals surface area contributed by atoms with Gasteiger partial charge in [-0.1, -0.05) is 98.8 Å². The lowest BCUT2D eigenvalue weighted by Gasteiger charge is -2.15. The van der Waals surface area contributed by atoms with Crippen LogP contribution in [0.2, 0.25) is 0 Å². The van der Waals surface area contributed by atoms with Gasteiger partial charge in [0.25, 0.3) is 0 Å². The smallest absolute Gasteiger partial charge is 0.338 e. The van der Waals surface area contributed by atoms with Crippen LogP contribution in [-0.4, -0.2) is 18.3 Å². The van der Waals surface area contributed by atoms with Gasteiger partial charge in [0.15, 0.2) is 0 Å². The molecule has 4 heteroatoms. The number of fused-ring (bicyclic) bond motifs is 1. The average Bonchev–Trinajstić information content (AvgIpc) is 2.90. The van der Waals surface area contributed by atoms with Gasteiger partial charge in [-0.2, -0.15) is 0 Å². The molecule has 0 radical (unpaired) electrons. The van der Waals surface area contributed by atoms with Gasteiger partial charge in [-0.15, -0.1) is 0 Å². The maximum absolute atomic E-state index is 13.0. The summed E-state index contributed by atoms with van der Waals surface area (Å²) in [4.78, 5) is 25.1. The van der Waals surface area contributed by atoms with Crippen LogP contribution in [0.1, 0.15) is 46.8 Å². The van der Waals surface area contributed by atoms with Gasteiger partial charge in [0, 0.05) is 13.0 Å². The molecule has 0 aliphatic carbocycles. The maximum atomic E-state index is 13.0. The SMILES string of the molecule is CC.NC[C@H](C(=O)Cc1ccc2ccccc2c1)c1ccc(COC(=O)c2ccccc2)cc1. The minimum Gasteiger partial charge on any atom is -0.457 e. The molecule has 0 amide bonds. The Morgan fingerprint density at radius 3 is 2.06 bits per heavy atom. The topological polar surface area (TPSA) is 69.4 Å². The van der Waals surface area contributed by atoms with Crippen LogP contribution in [0.15, 0.2) is 97.1 Å². The van der Waals surface area contributed by atoms with Crippen molar-refractivity contribution in [3.05, 3.63) is 119 Å². The van der Waals surface area contributed by atoms with Crippen LogP contribution in [-0.2, 0) is 22.6 Å². The van der Waals surface area contributed by atoms with E-state index in [-0.39, 0.29) is 30.8 Å². The molecule has 34 heavy (non-hydrogen) atoms. The fourth-order valence-corrected chi connectivity index (χ4v) is 3.78. The van der Waals surface area contributed by atoms with Gasteiger partial charge < -0.3 is 10.5 Å². The Bertz CT molecular complexity index is 1220. The fraction of sp³-hybridized carbons (Fsp3) is 0.200. The van der Waals surface area contributed by atoms with Crippen LogP contribution in [0.5, 0.6) is 0 Å². The van der Waals surface area contributed by atoms with Crippen LogP contribution in [0.3, 0.4) is 0 Å². The first kappa shape index (κ1) is 24.9. The molecule has 0 fully saturated rings. The van der Waals surface area contributed by atoms with Crippen molar-refractivity contribution in [3.63, 3.8) is 0 Å². The number of carbonyl (C=O) groups excluding carboxylic acids is 2. The molecule has 4 aromatic rings. The van der Waals surface area contributed by atoms with E-state index in [9.17, 15) is 9.59 Å². The molecule has 0 saturated carbocycles. The van der Waals surface area contributed by atoms with E-state index in [4.69, 9.17) is 10.5 Å². The second-order valence-corrected chi connectivity index (χ2v) is 7.80. The van der Waals surface area contributed by atoms with Crippen LogP contribution in [0, 0.1) is 0 Å². The summed E-state index contributed by atoms with van der Waals surface area (Å²) >= 11 is 0. The average molecular weight is 454 g/mol. The van der Waals surface area contributed by atoms with E-state index in [1.54, 1.807) is 24.3 Å². The number of hydrogen-bond acceptors (Lipinski definition) is 4. The Morgan fingerprint density at radius 1 is 0.765 bits per heavy atom. The second-order valence-electron chi connectivity index (χ2n) is 7.80. The van der Waals surface area contributed by atoms with Crippen LogP contribution >= 0.6 is 0 Å². The van der Waals surface area contributed by atoms with E-state index in [0.717, 1.165) is 27.5 Å². The molecule has 174 valence electrons. The van der Waals surface area contributed by atoms with Crippen molar-refractivity contribution in [1.29, 1.82) is 0 Å². The maximum Gasteiger partial charge on any atom is 0.338 e. The summed E-state index contributed by atoms with van der Waals surface area (Å²) in [7, 11) is 0. The standard InChI is InChI=1S/C28H25NO3.C2H6/c29-18-26(27(30)17-21-12-13-22-6-4-5-9-25(22)16-21)23-14-10-20(11-15-23)19-32-28(31)24-7-2-1-3-8-24;1-2/h1-16,26H,17-19,29H2;1-2H3/t26-;/m0./s1. The summed E-state index contributed by atoms with van der Waals surface area (Å²) in [6, 6.07) is 30.6. The summed E-state index contributed by atoms with van der Waals surface area (Å²) in [5.41, 5.74) is 9.19. The van der Waals surface area contributed by atoms with Crippen molar-refractivity contribution >= 4 is 22.5 Å². The van der Waals surface area contributed by atoms with Crippen molar-refractivity contribution in [3.8, 4) is 0 Å². The molecule has 0 heterocycles. The van der Waals surface area contributed by atoms with E-state index in [2.05, 4.69) is 12.1 Å². The normalized spacial score (nSPS) is 11.3. The number of esters is 1. The molecule has 4 rings (SSSR count). The molecule has 1 atom stereocenters. The van der Waals surface area contributed by atoms with Gasteiger partial charge in [0.05, 0.1) is 11.5 Å². The van der Waals surface area contributed by atoms with Gasteiger partial charge in [-0.25, -0.2) is 4.79 Å². The van der Waals surface area contributed by atoms with E-state index < -0.39 is 0 Å². The van der Waals surface area contributed by atoms with Gasteiger partial charge in [0.1, 0.15) is 12.4 Å². The molecular weight excluding hydrogens is 422 g/mol. The van der Waals surface area contributed by atoms with Gasteiger partial charge >= 0.3 is 5.97 Å². The number of hydrogen-bond donors (Lipinski definition) is 1. The Hall–Kier alpha value is -3.76. The van der Waals surface area contributed by atoms with Gasteiger partial charge in [0.2, 0.25) is 0 Å².